The van der Waals surface area contributed by atoms with E-state index in [0.717, 1.165) is 32.8 Å². The Morgan fingerprint density at radius 2 is 1.90 bits per heavy atom. The lowest BCUT2D eigenvalue weighted by Gasteiger charge is -2.47. The van der Waals surface area contributed by atoms with Crippen LogP contribution in [0.4, 0.5) is 0 Å². The first-order chi connectivity index (χ1) is 9.71. The topological polar surface area (TPSA) is 38.8 Å². The van der Waals surface area contributed by atoms with Crippen LogP contribution in [0.25, 0.3) is 0 Å². The van der Waals surface area contributed by atoms with Crippen molar-refractivity contribution in [3.63, 3.8) is 0 Å². The Balaban J connectivity index is 1.54. The summed E-state index contributed by atoms with van der Waals surface area (Å²) in [6.45, 7) is 5.14. The van der Waals surface area contributed by atoms with Crippen LogP contribution in [0, 0.1) is 5.41 Å². The van der Waals surface area contributed by atoms with Crippen molar-refractivity contribution in [3.8, 4) is 0 Å². The number of hydrogen-bond donors (Lipinski definition) is 0. The van der Waals surface area contributed by atoms with Crippen LogP contribution < -0.4 is 0 Å². The first kappa shape index (κ1) is 13.6. The molecule has 4 heteroatoms. The molecule has 2 fully saturated rings. The molecule has 3 rings (SSSR count). The van der Waals surface area contributed by atoms with Crippen molar-refractivity contribution in [2.45, 2.75) is 19.4 Å². The maximum Gasteiger partial charge on any atom is 0.337 e. The Morgan fingerprint density at radius 3 is 2.40 bits per heavy atom. The predicted octanol–water partition coefficient (Wildman–Crippen LogP) is 2.09. The first-order valence-electron chi connectivity index (χ1n) is 7.18. The third-order valence-corrected chi connectivity index (χ3v) is 4.51. The van der Waals surface area contributed by atoms with E-state index in [1.807, 2.05) is 24.3 Å². The summed E-state index contributed by atoms with van der Waals surface area (Å²) < 4.78 is 10.1. The summed E-state index contributed by atoms with van der Waals surface area (Å²) >= 11 is 0. The smallest absolute Gasteiger partial charge is 0.337 e. The normalized spacial score (nSPS) is 21.4. The number of likely N-dealkylation sites (tertiary alicyclic amines) is 1. The van der Waals surface area contributed by atoms with Gasteiger partial charge in [0.1, 0.15) is 0 Å². The zero-order chi connectivity index (χ0) is 14.0. The van der Waals surface area contributed by atoms with Crippen molar-refractivity contribution in [2.24, 2.45) is 5.41 Å². The number of benzene rings is 1. The van der Waals surface area contributed by atoms with Gasteiger partial charge in [-0.3, -0.25) is 4.90 Å². The van der Waals surface area contributed by atoms with E-state index >= 15 is 0 Å². The van der Waals surface area contributed by atoms with Crippen molar-refractivity contribution in [1.82, 2.24) is 4.90 Å². The van der Waals surface area contributed by atoms with Crippen LogP contribution in [0.3, 0.4) is 0 Å². The standard InChI is InChI=1S/C16H21NO3/c1-19-15(18)14-4-2-13(3-5-14)10-17-8-6-16(7-9-17)11-20-12-16/h2-5H,6-12H2,1H3. The Bertz CT molecular complexity index is 469. The molecule has 4 nitrogen and oxygen atoms in total. The molecule has 0 unspecified atom stereocenters. The van der Waals surface area contributed by atoms with Crippen LogP contribution in [0.15, 0.2) is 24.3 Å². The molecular weight excluding hydrogens is 254 g/mol. The van der Waals surface area contributed by atoms with Gasteiger partial charge in [-0.1, -0.05) is 12.1 Å². The molecule has 2 heterocycles. The molecule has 0 bridgehead atoms. The molecule has 0 N–H and O–H groups in total. The predicted molar refractivity (Wildman–Crippen MR) is 75.5 cm³/mol. The molecule has 0 aliphatic carbocycles. The molecule has 0 atom stereocenters. The van der Waals surface area contributed by atoms with Gasteiger partial charge in [0.15, 0.2) is 0 Å². The zero-order valence-corrected chi connectivity index (χ0v) is 11.9. The van der Waals surface area contributed by atoms with Crippen molar-refractivity contribution < 1.29 is 14.3 Å². The van der Waals surface area contributed by atoms with Crippen molar-refractivity contribution in [1.29, 1.82) is 0 Å². The number of rotatable bonds is 3. The Hall–Kier alpha value is -1.39. The van der Waals surface area contributed by atoms with Crippen molar-refractivity contribution in [2.75, 3.05) is 33.4 Å². The minimum atomic E-state index is -0.276. The quantitative estimate of drug-likeness (QED) is 0.792. The minimum Gasteiger partial charge on any atom is -0.465 e. The largest absolute Gasteiger partial charge is 0.465 e. The lowest BCUT2D eigenvalue weighted by atomic mass is 9.77. The van der Waals surface area contributed by atoms with E-state index in [1.165, 1.54) is 25.5 Å². The van der Waals surface area contributed by atoms with Crippen LogP contribution in [-0.4, -0.2) is 44.3 Å². The van der Waals surface area contributed by atoms with Gasteiger partial charge < -0.3 is 9.47 Å². The maximum atomic E-state index is 11.4. The fourth-order valence-electron chi connectivity index (χ4n) is 2.99. The summed E-state index contributed by atoms with van der Waals surface area (Å²) in [6.07, 6.45) is 2.49. The van der Waals surface area contributed by atoms with Gasteiger partial charge in [0, 0.05) is 12.0 Å². The molecule has 2 aliphatic rings. The summed E-state index contributed by atoms with van der Waals surface area (Å²) in [4.78, 5) is 13.9. The minimum absolute atomic E-state index is 0.276. The highest BCUT2D eigenvalue weighted by atomic mass is 16.5. The number of carbonyl (C=O) groups excluding carboxylic acids is 1. The van der Waals surface area contributed by atoms with E-state index in [-0.39, 0.29) is 5.97 Å². The van der Waals surface area contributed by atoms with Gasteiger partial charge in [0.05, 0.1) is 25.9 Å². The van der Waals surface area contributed by atoms with Crippen LogP contribution in [-0.2, 0) is 16.0 Å². The summed E-state index contributed by atoms with van der Waals surface area (Å²) in [6, 6.07) is 7.71. The molecule has 0 radical (unpaired) electrons. The van der Waals surface area contributed by atoms with E-state index in [2.05, 4.69) is 4.90 Å². The van der Waals surface area contributed by atoms with Crippen LogP contribution in [0.2, 0.25) is 0 Å². The van der Waals surface area contributed by atoms with Crippen LogP contribution in [0.5, 0.6) is 0 Å². The maximum absolute atomic E-state index is 11.4. The molecule has 2 saturated heterocycles. The van der Waals surface area contributed by atoms with E-state index in [0.29, 0.717) is 11.0 Å². The molecule has 2 aliphatic heterocycles. The number of piperidine rings is 1. The van der Waals surface area contributed by atoms with Crippen LogP contribution in [0.1, 0.15) is 28.8 Å². The summed E-state index contributed by atoms with van der Waals surface area (Å²) in [5, 5.41) is 0. The molecule has 0 aromatic heterocycles. The lowest BCUT2D eigenvalue weighted by molar-refractivity contribution is -0.140. The number of carbonyl (C=O) groups is 1. The third-order valence-electron chi connectivity index (χ3n) is 4.51. The molecular formula is C16H21NO3. The van der Waals surface area contributed by atoms with E-state index in [1.54, 1.807) is 0 Å². The van der Waals surface area contributed by atoms with Crippen molar-refractivity contribution >= 4 is 5.97 Å². The fourth-order valence-corrected chi connectivity index (χ4v) is 2.99. The Kier molecular flexibility index (Phi) is 3.76. The number of methoxy groups -OCH3 is 1. The van der Waals surface area contributed by atoms with Gasteiger partial charge in [0.25, 0.3) is 0 Å². The molecule has 20 heavy (non-hydrogen) atoms. The molecule has 1 aromatic rings. The molecule has 0 amide bonds. The van der Waals surface area contributed by atoms with Gasteiger partial charge in [0.2, 0.25) is 0 Å². The molecule has 0 saturated carbocycles. The second-order valence-electron chi connectivity index (χ2n) is 5.96. The van der Waals surface area contributed by atoms with Gasteiger partial charge in [-0.05, 0) is 43.6 Å². The average molecular weight is 275 g/mol. The van der Waals surface area contributed by atoms with Gasteiger partial charge in [-0.15, -0.1) is 0 Å². The average Bonchev–Trinajstić information content (AvgIpc) is 2.46. The highest BCUT2D eigenvalue weighted by molar-refractivity contribution is 5.89. The Morgan fingerprint density at radius 1 is 1.25 bits per heavy atom. The lowest BCUT2D eigenvalue weighted by Crippen LogP contribution is -2.50. The molecule has 1 aromatic carbocycles. The first-order valence-corrected chi connectivity index (χ1v) is 7.18. The monoisotopic (exact) mass is 275 g/mol. The zero-order valence-electron chi connectivity index (χ0n) is 11.9. The van der Waals surface area contributed by atoms with E-state index in [4.69, 9.17) is 9.47 Å². The van der Waals surface area contributed by atoms with E-state index < -0.39 is 0 Å². The number of ether oxygens (including phenoxy) is 2. The summed E-state index contributed by atoms with van der Waals surface area (Å²) in [5.41, 5.74) is 2.35. The second kappa shape index (κ2) is 5.54. The van der Waals surface area contributed by atoms with Crippen LogP contribution >= 0.6 is 0 Å². The fraction of sp³-hybridized carbons (Fsp3) is 0.562. The van der Waals surface area contributed by atoms with Gasteiger partial charge in [-0.25, -0.2) is 4.79 Å². The number of esters is 1. The number of nitrogens with zero attached hydrogens (tertiary/aromatic N) is 1. The highest BCUT2D eigenvalue weighted by Gasteiger charge is 2.40. The summed E-state index contributed by atoms with van der Waals surface area (Å²) in [7, 11) is 1.41. The van der Waals surface area contributed by atoms with Crippen molar-refractivity contribution in [3.05, 3.63) is 35.4 Å². The summed E-state index contributed by atoms with van der Waals surface area (Å²) in [5.74, 6) is -0.276. The highest BCUT2D eigenvalue weighted by Crippen LogP contribution is 2.38. The molecule has 1 spiro atoms. The van der Waals surface area contributed by atoms with Gasteiger partial charge in [-0.2, -0.15) is 0 Å². The van der Waals surface area contributed by atoms with E-state index in [9.17, 15) is 4.79 Å². The van der Waals surface area contributed by atoms with Gasteiger partial charge >= 0.3 is 5.97 Å². The number of hydrogen-bond acceptors (Lipinski definition) is 4. The SMILES string of the molecule is COC(=O)c1ccc(CN2CCC3(CC2)COC3)cc1. The second-order valence-corrected chi connectivity index (χ2v) is 5.96. The Labute approximate surface area is 119 Å². The third kappa shape index (κ3) is 2.72. The molecule has 108 valence electrons.